The number of hydrogen-bond donors (Lipinski definition) is 2. The Bertz CT molecular complexity index is 938. The van der Waals surface area contributed by atoms with E-state index in [-0.39, 0.29) is 12.5 Å². The van der Waals surface area contributed by atoms with Gasteiger partial charge in [0.05, 0.1) is 0 Å². The maximum Gasteiger partial charge on any atom is 0.262 e. The van der Waals surface area contributed by atoms with Crippen LogP contribution >= 0.6 is 11.6 Å². The highest BCUT2D eigenvalue weighted by molar-refractivity contribution is 6.31. The van der Waals surface area contributed by atoms with Crippen molar-refractivity contribution in [3.05, 3.63) is 88.4 Å². The summed E-state index contributed by atoms with van der Waals surface area (Å²) < 4.78 is 5.56. The normalized spacial score (nSPS) is 10.4. The van der Waals surface area contributed by atoms with Crippen molar-refractivity contribution in [1.82, 2.24) is 0 Å². The van der Waals surface area contributed by atoms with E-state index in [1.165, 1.54) is 5.56 Å². The van der Waals surface area contributed by atoms with Crippen LogP contribution in [0.25, 0.3) is 0 Å². The number of amides is 1. The molecule has 0 unspecified atom stereocenters. The van der Waals surface area contributed by atoms with Crippen molar-refractivity contribution in [2.45, 2.75) is 20.4 Å². The maximum atomic E-state index is 12.0. The van der Waals surface area contributed by atoms with Gasteiger partial charge in [0.15, 0.2) is 6.61 Å². The van der Waals surface area contributed by atoms with E-state index in [2.05, 4.69) is 41.8 Å². The predicted octanol–water partition coefficient (Wildman–Crippen LogP) is 5.59. The molecule has 4 nitrogen and oxygen atoms in total. The van der Waals surface area contributed by atoms with E-state index in [0.717, 1.165) is 23.4 Å². The van der Waals surface area contributed by atoms with Gasteiger partial charge in [-0.1, -0.05) is 47.5 Å². The lowest BCUT2D eigenvalue weighted by Gasteiger charge is -2.10. The standard InChI is InChI=1S/C23H23ClN2O2/c1-16-3-8-19(9-4-16)25-14-18-6-11-21(12-7-18)28-15-23(27)26-20-10-5-17(2)22(24)13-20/h3-13,25H,14-15H2,1-2H3,(H,26,27). The number of hydrogen-bond acceptors (Lipinski definition) is 3. The van der Waals surface area contributed by atoms with E-state index in [4.69, 9.17) is 16.3 Å². The quantitative estimate of drug-likeness (QED) is 0.549. The number of anilines is 2. The lowest BCUT2D eigenvalue weighted by molar-refractivity contribution is -0.118. The van der Waals surface area contributed by atoms with Gasteiger partial charge in [-0.25, -0.2) is 0 Å². The van der Waals surface area contributed by atoms with E-state index in [9.17, 15) is 4.79 Å². The Morgan fingerprint density at radius 2 is 1.61 bits per heavy atom. The fourth-order valence-corrected chi connectivity index (χ4v) is 2.78. The fraction of sp³-hybridized carbons (Fsp3) is 0.174. The first kappa shape index (κ1) is 19.8. The molecular weight excluding hydrogens is 372 g/mol. The number of nitrogens with one attached hydrogen (secondary N) is 2. The molecule has 3 aromatic carbocycles. The van der Waals surface area contributed by atoms with Crippen molar-refractivity contribution in [2.75, 3.05) is 17.2 Å². The number of carbonyl (C=O) groups is 1. The molecular formula is C23H23ClN2O2. The van der Waals surface area contributed by atoms with Crippen LogP contribution in [0.4, 0.5) is 11.4 Å². The van der Waals surface area contributed by atoms with E-state index in [0.29, 0.717) is 16.5 Å². The van der Waals surface area contributed by atoms with Gasteiger partial charge in [-0.2, -0.15) is 0 Å². The van der Waals surface area contributed by atoms with Crippen LogP contribution in [0.3, 0.4) is 0 Å². The second-order valence-corrected chi connectivity index (χ2v) is 7.07. The molecule has 2 N–H and O–H groups in total. The first-order valence-electron chi connectivity index (χ1n) is 9.08. The van der Waals surface area contributed by atoms with Crippen molar-refractivity contribution in [2.24, 2.45) is 0 Å². The molecule has 0 aliphatic rings. The van der Waals surface area contributed by atoms with E-state index in [1.807, 2.05) is 43.3 Å². The summed E-state index contributed by atoms with van der Waals surface area (Å²) in [7, 11) is 0. The molecule has 0 radical (unpaired) electrons. The first-order chi connectivity index (χ1) is 13.5. The van der Waals surface area contributed by atoms with Crippen LogP contribution in [0, 0.1) is 13.8 Å². The minimum absolute atomic E-state index is 0.0630. The molecule has 0 saturated heterocycles. The molecule has 0 bridgehead atoms. The van der Waals surface area contributed by atoms with Gasteiger partial charge < -0.3 is 15.4 Å². The van der Waals surface area contributed by atoms with Crippen molar-refractivity contribution >= 4 is 28.9 Å². The zero-order valence-corrected chi connectivity index (χ0v) is 16.7. The van der Waals surface area contributed by atoms with E-state index < -0.39 is 0 Å². The number of carbonyl (C=O) groups excluding carboxylic acids is 1. The highest BCUT2D eigenvalue weighted by Crippen LogP contribution is 2.20. The highest BCUT2D eigenvalue weighted by Gasteiger charge is 2.05. The van der Waals surface area contributed by atoms with Crippen molar-refractivity contribution < 1.29 is 9.53 Å². The van der Waals surface area contributed by atoms with Crippen molar-refractivity contribution in [1.29, 1.82) is 0 Å². The van der Waals surface area contributed by atoms with Gasteiger partial charge in [-0.15, -0.1) is 0 Å². The lowest BCUT2D eigenvalue weighted by Crippen LogP contribution is -2.20. The van der Waals surface area contributed by atoms with Crippen LogP contribution in [0.15, 0.2) is 66.7 Å². The molecule has 0 aliphatic carbocycles. The number of ether oxygens (including phenoxy) is 1. The second kappa shape index (κ2) is 9.29. The molecule has 0 aromatic heterocycles. The average Bonchev–Trinajstić information content (AvgIpc) is 2.69. The largest absolute Gasteiger partial charge is 0.484 e. The summed E-state index contributed by atoms with van der Waals surface area (Å²) in [4.78, 5) is 12.0. The Hall–Kier alpha value is -2.98. The summed E-state index contributed by atoms with van der Waals surface area (Å²) in [6.07, 6.45) is 0. The van der Waals surface area contributed by atoms with Crippen LogP contribution in [-0.4, -0.2) is 12.5 Å². The lowest BCUT2D eigenvalue weighted by atomic mass is 10.2. The Morgan fingerprint density at radius 1 is 0.929 bits per heavy atom. The van der Waals surface area contributed by atoms with Crippen LogP contribution < -0.4 is 15.4 Å². The molecule has 0 spiro atoms. The second-order valence-electron chi connectivity index (χ2n) is 6.66. The van der Waals surface area contributed by atoms with Crippen LogP contribution in [-0.2, 0) is 11.3 Å². The molecule has 0 saturated carbocycles. The molecule has 1 amide bonds. The molecule has 28 heavy (non-hydrogen) atoms. The van der Waals surface area contributed by atoms with E-state index >= 15 is 0 Å². The number of halogens is 1. The van der Waals surface area contributed by atoms with Gasteiger partial charge in [-0.05, 0) is 61.4 Å². The number of benzene rings is 3. The summed E-state index contributed by atoms with van der Waals surface area (Å²) in [5.41, 5.74) is 5.07. The summed E-state index contributed by atoms with van der Waals surface area (Å²) in [5.74, 6) is 0.418. The van der Waals surface area contributed by atoms with Crippen molar-refractivity contribution in [3.63, 3.8) is 0 Å². The molecule has 0 fully saturated rings. The topological polar surface area (TPSA) is 50.4 Å². The minimum Gasteiger partial charge on any atom is -0.484 e. The minimum atomic E-state index is -0.231. The third kappa shape index (κ3) is 5.76. The zero-order chi connectivity index (χ0) is 19.9. The molecule has 0 heterocycles. The van der Waals surface area contributed by atoms with Crippen molar-refractivity contribution in [3.8, 4) is 5.75 Å². The van der Waals surface area contributed by atoms with E-state index in [1.54, 1.807) is 6.07 Å². The Balaban J connectivity index is 1.46. The third-order valence-electron chi connectivity index (χ3n) is 4.30. The maximum absolute atomic E-state index is 12.0. The summed E-state index contributed by atoms with van der Waals surface area (Å²) in [6, 6.07) is 21.4. The van der Waals surface area contributed by atoms with Gasteiger partial charge in [0, 0.05) is 22.9 Å². The molecule has 5 heteroatoms. The molecule has 3 aromatic rings. The van der Waals surface area contributed by atoms with Crippen LogP contribution in [0.2, 0.25) is 5.02 Å². The smallest absolute Gasteiger partial charge is 0.262 e. The number of aryl methyl sites for hydroxylation is 2. The SMILES string of the molecule is Cc1ccc(NCc2ccc(OCC(=O)Nc3ccc(C)c(Cl)c3)cc2)cc1. The van der Waals surface area contributed by atoms with Gasteiger partial charge >= 0.3 is 0 Å². The summed E-state index contributed by atoms with van der Waals surface area (Å²) >= 11 is 6.07. The fourth-order valence-electron chi connectivity index (χ4n) is 2.60. The number of rotatable bonds is 7. The predicted molar refractivity (Wildman–Crippen MR) is 115 cm³/mol. The molecule has 144 valence electrons. The zero-order valence-electron chi connectivity index (χ0n) is 16.0. The van der Waals surface area contributed by atoms with Gasteiger partial charge in [0.1, 0.15) is 5.75 Å². The summed E-state index contributed by atoms with van der Waals surface area (Å²) in [5, 5.41) is 6.77. The average molecular weight is 395 g/mol. The van der Waals surface area contributed by atoms with Crippen LogP contribution in [0.1, 0.15) is 16.7 Å². The molecule has 0 aliphatic heterocycles. The molecule has 3 rings (SSSR count). The van der Waals surface area contributed by atoms with Gasteiger partial charge in [0.2, 0.25) is 0 Å². The first-order valence-corrected chi connectivity index (χ1v) is 9.46. The highest BCUT2D eigenvalue weighted by atomic mass is 35.5. The monoisotopic (exact) mass is 394 g/mol. The Kier molecular flexibility index (Phi) is 6.56. The summed E-state index contributed by atoms with van der Waals surface area (Å²) in [6.45, 7) is 4.64. The van der Waals surface area contributed by atoms with Crippen LogP contribution in [0.5, 0.6) is 5.75 Å². The van der Waals surface area contributed by atoms with Gasteiger partial charge in [0.25, 0.3) is 5.91 Å². The Labute approximate surface area is 170 Å². The third-order valence-corrected chi connectivity index (χ3v) is 4.70. The molecule has 0 atom stereocenters. The van der Waals surface area contributed by atoms with Gasteiger partial charge in [-0.3, -0.25) is 4.79 Å². The Morgan fingerprint density at radius 3 is 2.29 bits per heavy atom.